The Bertz CT molecular complexity index is 360. The van der Waals surface area contributed by atoms with Crippen molar-refractivity contribution in [2.75, 3.05) is 0 Å². The van der Waals surface area contributed by atoms with Gasteiger partial charge in [-0.2, -0.15) is 4.39 Å². The van der Waals surface area contributed by atoms with E-state index in [0.29, 0.717) is 5.56 Å². The molecule has 0 N–H and O–H groups in total. The Morgan fingerprint density at radius 2 is 2.08 bits per heavy atom. The Balaban J connectivity index is 2.61. The minimum absolute atomic E-state index is 0.0204. The number of hydrogen-bond acceptors (Lipinski definition) is 2. The highest BCUT2D eigenvalue weighted by Crippen LogP contribution is 2.30. The van der Waals surface area contributed by atoms with E-state index in [1.807, 2.05) is 0 Å². The smallest absolute Gasteiger partial charge is 0.315 e. The molecule has 0 amide bonds. The average molecular weight is 170 g/mol. The molecule has 1 aliphatic heterocycles. The largest absolute Gasteiger partial charge is 0.423 e. The Morgan fingerprint density at radius 3 is 2.83 bits per heavy atom. The highest BCUT2D eigenvalue weighted by molar-refractivity contribution is 5.80. The lowest BCUT2D eigenvalue weighted by molar-refractivity contribution is -0.132. The summed E-state index contributed by atoms with van der Waals surface area (Å²) in [6, 6.07) is 2.33. The molecule has 0 bridgehead atoms. The van der Waals surface area contributed by atoms with Gasteiger partial charge in [-0.15, -0.1) is 0 Å². The van der Waals surface area contributed by atoms with Gasteiger partial charge in [0.25, 0.3) is 0 Å². The molecule has 1 aliphatic rings. The molecule has 0 saturated carbocycles. The zero-order chi connectivity index (χ0) is 8.72. The predicted octanol–water partition coefficient (Wildman–Crippen LogP) is 1.43. The van der Waals surface area contributed by atoms with Gasteiger partial charge in [0.15, 0.2) is 11.6 Å². The van der Waals surface area contributed by atoms with Crippen LogP contribution in [0.2, 0.25) is 0 Å². The minimum Gasteiger partial charge on any atom is -0.423 e. The van der Waals surface area contributed by atoms with Gasteiger partial charge in [-0.1, -0.05) is 6.07 Å². The van der Waals surface area contributed by atoms with E-state index >= 15 is 0 Å². The monoisotopic (exact) mass is 170 g/mol. The number of benzene rings is 1. The van der Waals surface area contributed by atoms with Crippen LogP contribution in [0.1, 0.15) is 5.56 Å². The van der Waals surface area contributed by atoms with Gasteiger partial charge in [-0.05, 0) is 6.07 Å². The second-order valence-corrected chi connectivity index (χ2v) is 2.50. The van der Waals surface area contributed by atoms with Gasteiger partial charge >= 0.3 is 5.97 Å². The lowest BCUT2D eigenvalue weighted by Gasteiger charge is -1.98. The fourth-order valence-corrected chi connectivity index (χ4v) is 1.13. The van der Waals surface area contributed by atoms with E-state index in [9.17, 15) is 13.6 Å². The van der Waals surface area contributed by atoms with Crippen LogP contribution in [0.15, 0.2) is 12.1 Å². The SMILES string of the molecule is O=C1Cc2ccc(F)c(F)c2O1. The van der Waals surface area contributed by atoms with Crippen LogP contribution in [0.3, 0.4) is 0 Å². The van der Waals surface area contributed by atoms with Crippen molar-refractivity contribution in [1.29, 1.82) is 0 Å². The number of carbonyl (C=O) groups excluding carboxylic acids is 1. The van der Waals surface area contributed by atoms with E-state index < -0.39 is 17.6 Å². The quantitative estimate of drug-likeness (QED) is 0.435. The molecule has 4 heteroatoms. The van der Waals surface area contributed by atoms with Gasteiger partial charge in [0, 0.05) is 5.56 Å². The maximum Gasteiger partial charge on any atom is 0.315 e. The number of carbonyl (C=O) groups is 1. The summed E-state index contributed by atoms with van der Waals surface area (Å²) in [4.78, 5) is 10.7. The minimum atomic E-state index is -1.08. The molecule has 0 atom stereocenters. The molecule has 1 aromatic rings. The molecule has 1 aromatic carbocycles. The summed E-state index contributed by atoms with van der Waals surface area (Å²) in [6.07, 6.45) is 0.0204. The van der Waals surface area contributed by atoms with Crippen LogP contribution in [0.4, 0.5) is 8.78 Å². The van der Waals surface area contributed by atoms with E-state index in [0.717, 1.165) is 6.07 Å². The molecule has 0 fully saturated rings. The summed E-state index contributed by atoms with van der Waals surface area (Å²) in [6.45, 7) is 0. The van der Waals surface area contributed by atoms with E-state index in [1.165, 1.54) is 6.07 Å². The van der Waals surface area contributed by atoms with Crippen molar-refractivity contribution in [3.05, 3.63) is 29.3 Å². The number of rotatable bonds is 0. The standard InChI is InChI=1S/C8H4F2O2/c9-5-2-1-4-3-6(11)12-8(4)7(5)10/h1-2H,3H2. The van der Waals surface area contributed by atoms with Crippen LogP contribution >= 0.6 is 0 Å². The van der Waals surface area contributed by atoms with Gasteiger partial charge in [0.1, 0.15) is 0 Å². The van der Waals surface area contributed by atoms with Gasteiger partial charge < -0.3 is 4.74 Å². The number of esters is 1. The normalized spacial score (nSPS) is 14.3. The maximum atomic E-state index is 12.8. The third kappa shape index (κ3) is 0.879. The average Bonchev–Trinajstić information content (AvgIpc) is 2.39. The van der Waals surface area contributed by atoms with Crippen molar-refractivity contribution in [2.45, 2.75) is 6.42 Å². The molecule has 1 heterocycles. The van der Waals surface area contributed by atoms with Gasteiger partial charge in [-0.25, -0.2) is 4.39 Å². The maximum absolute atomic E-state index is 12.8. The highest BCUT2D eigenvalue weighted by atomic mass is 19.2. The van der Waals surface area contributed by atoms with Gasteiger partial charge in [-0.3, -0.25) is 4.79 Å². The van der Waals surface area contributed by atoms with Crippen LogP contribution in [-0.2, 0) is 11.2 Å². The number of fused-ring (bicyclic) bond motifs is 1. The van der Waals surface area contributed by atoms with Crippen molar-refractivity contribution in [3.8, 4) is 5.75 Å². The molecule has 2 nitrogen and oxygen atoms in total. The lowest BCUT2D eigenvalue weighted by atomic mass is 10.1. The Kier molecular flexibility index (Phi) is 1.36. The second-order valence-electron chi connectivity index (χ2n) is 2.50. The highest BCUT2D eigenvalue weighted by Gasteiger charge is 2.25. The molecule has 2 rings (SSSR count). The molecule has 0 saturated heterocycles. The van der Waals surface area contributed by atoms with E-state index in [-0.39, 0.29) is 12.2 Å². The lowest BCUT2D eigenvalue weighted by Crippen LogP contribution is -2.01. The van der Waals surface area contributed by atoms with Gasteiger partial charge in [0.2, 0.25) is 5.82 Å². The first-order valence-electron chi connectivity index (χ1n) is 3.36. The van der Waals surface area contributed by atoms with Crippen molar-refractivity contribution >= 4 is 5.97 Å². The molecular formula is C8H4F2O2. The molecular weight excluding hydrogens is 166 g/mol. The number of ether oxygens (including phenoxy) is 1. The zero-order valence-electron chi connectivity index (χ0n) is 5.93. The molecule has 0 unspecified atom stereocenters. The summed E-state index contributed by atoms with van der Waals surface area (Å²) >= 11 is 0. The van der Waals surface area contributed by atoms with Crippen LogP contribution in [0.5, 0.6) is 5.75 Å². The Labute approximate surface area is 66.8 Å². The number of hydrogen-bond donors (Lipinski definition) is 0. The van der Waals surface area contributed by atoms with Crippen LogP contribution < -0.4 is 4.74 Å². The van der Waals surface area contributed by atoms with Crippen molar-refractivity contribution < 1.29 is 18.3 Å². The fourth-order valence-electron chi connectivity index (χ4n) is 1.13. The molecule has 0 aromatic heterocycles. The second kappa shape index (κ2) is 2.27. The summed E-state index contributed by atoms with van der Waals surface area (Å²) in [5, 5.41) is 0. The molecule has 62 valence electrons. The zero-order valence-corrected chi connectivity index (χ0v) is 5.93. The Morgan fingerprint density at radius 1 is 1.33 bits per heavy atom. The summed E-state index contributed by atoms with van der Waals surface area (Å²) in [5.41, 5.74) is 0.402. The fraction of sp³-hybridized carbons (Fsp3) is 0.125. The van der Waals surface area contributed by atoms with Crippen LogP contribution in [0.25, 0.3) is 0 Å². The molecule has 0 spiro atoms. The molecule has 0 aliphatic carbocycles. The predicted molar refractivity (Wildman–Crippen MR) is 35.7 cm³/mol. The summed E-state index contributed by atoms with van der Waals surface area (Å²) in [5.74, 6) is -2.89. The summed E-state index contributed by atoms with van der Waals surface area (Å²) in [7, 11) is 0. The first kappa shape index (κ1) is 7.21. The third-order valence-electron chi connectivity index (χ3n) is 1.68. The van der Waals surface area contributed by atoms with E-state index in [1.54, 1.807) is 0 Å². The van der Waals surface area contributed by atoms with Crippen LogP contribution in [0, 0.1) is 11.6 Å². The topological polar surface area (TPSA) is 26.3 Å². The number of halogens is 2. The third-order valence-corrected chi connectivity index (χ3v) is 1.68. The van der Waals surface area contributed by atoms with E-state index in [2.05, 4.69) is 4.74 Å². The first-order chi connectivity index (χ1) is 5.68. The van der Waals surface area contributed by atoms with Crippen molar-refractivity contribution in [3.63, 3.8) is 0 Å². The first-order valence-corrected chi connectivity index (χ1v) is 3.36. The van der Waals surface area contributed by atoms with Crippen LogP contribution in [-0.4, -0.2) is 5.97 Å². The van der Waals surface area contributed by atoms with E-state index in [4.69, 9.17) is 0 Å². The Hall–Kier alpha value is -1.45. The van der Waals surface area contributed by atoms with Crippen molar-refractivity contribution in [1.82, 2.24) is 0 Å². The molecule has 12 heavy (non-hydrogen) atoms. The van der Waals surface area contributed by atoms with Gasteiger partial charge in [0.05, 0.1) is 6.42 Å². The molecule has 0 radical (unpaired) electrons. The van der Waals surface area contributed by atoms with Crippen molar-refractivity contribution in [2.24, 2.45) is 0 Å². The summed E-state index contributed by atoms with van der Waals surface area (Å²) < 4.78 is 29.8.